The molecule has 10 heavy (non-hydrogen) atoms. The van der Waals surface area contributed by atoms with E-state index in [0.717, 1.165) is 17.8 Å². The van der Waals surface area contributed by atoms with Crippen molar-refractivity contribution in [3.05, 3.63) is 0 Å². The lowest BCUT2D eigenvalue weighted by atomic mass is 9.73. The first-order valence-electron chi connectivity index (χ1n) is 4.37. The monoisotopic (exact) mass is 141 g/mol. The first-order valence-corrected chi connectivity index (χ1v) is 4.37. The third-order valence-electron chi connectivity index (χ3n) is 3.14. The zero-order chi connectivity index (χ0) is 7.72. The lowest BCUT2D eigenvalue weighted by Gasteiger charge is -2.35. The minimum Gasteiger partial charge on any atom is -0.328 e. The van der Waals surface area contributed by atoms with Crippen LogP contribution in [-0.4, -0.2) is 6.04 Å². The zero-order valence-corrected chi connectivity index (χ0v) is 7.30. The fourth-order valence-electron chi connectivity index (χ4n) is 2.04. The van der Waals surface area contributed by atoms with Gasteiger partial charge in [0.05, 0.1) is 0 Å². The molecule has 0 aromatic carbocycles. The average molecular weight is 141 g/mol. The second kappa shape index (κ2) is 2.91. The molecule has 0 aromatic heterocycles. The van der Waals surface area contributed by atoms with Crippen molar-refractivity contribution in [2.24, 2.45) is 23.5 Å². The summed E-state index contributed by atoms with van der Waals surface area (Å²) >= 11 is 0. The maximum atomic E-state index is 5.88. The van der Waals surface area contributed by atoms with E-state index in [2.05, 4.69) is 20.8 Å². The molecule has 1 nitrogen and oxygen atoms in total. The molecule has 1 aliphatic rings. The van der Waals surface area contributed by atoms with E-state index in [1.165, 1.54) is 12.8 Å². The SMILES string of the molecule is CC1CC(N)CC(C)C1C. The first-order chi connectivity index (χ1) is 4.61. The van der Waals surface area contributed by atoms with Gasteiger partial charge in [0, 0.05) is 6.04 Å². The summed E-state index contributed by atoms with van der Waals surface area (Å²) in [6.45, 7) is 6.99. The predicted octanol–water partition coefficient (Wildman–Crippen LogP) is 2.02. The Balaban J connectivity index is 2.49. The van der Waals surface area contributed by atoms with E-state index in [1.54, 1.807) is 0 Å². The second-order valence-corrected chi connectivity index (χ2v) is 4.05. The molecule has 0 spiro atoms. The summed E-state index contributed by atoms with van der Waals surface area (Å²) in [5, 5.41) is 0. The molecular formula is C9H19N. The Bertz CT molecular complexity index is 99.3. The Morgan fingerprint density at radius 3 is 1.80 bits per heavy atom. The highest BCUT2D eigenvalue weighted by Crippen LogP contribution is 2.32. The second-order valence-electron chi connectivity index (χ2n) is 4.05. The molecule has 1 rings (SSSR count). The smallest absolute Gasteiger partial charge is 0.00441 e. The standard InChI is InChI=1S/C9H19N/c1-6-4-9(10)5-7(2)8(6)3/h6-9H,4-5,10H2,1-3H3. The third-order valence-corrected chi connectivity index (χ3v) is 3.14. The summed E-state index contributed by atoms with van der Waals surface area (Å²) in [5.74, 6) is 2.54. The van der Waals surface area contributed by atoms with Crippen molar-refractivity contribution >= 4 is 0 Å². The molecular weight excluding hydrogens is 122 g/mol. The molecule has 1 heteroatoms. The maximum Gasteiger partial charge on any atom is 0.00441 e. The Hall–Kier alpha value is -0.0400. The molecule has 2 unspecified atom stereocenters. The number of rotatable bonds is 0. The Labute approximate surface area is 64.0 Å². The van der Waals surface area contributed by atoms with Gasteiger partial charge in [-0.2, -0.15) is 0 Å². The minimum absolute atomic E-state index is 0.473. The molecule has 0 aromatic rings. The lowest BCUT2D eigenvalue weighted by molar-refractivity contribution is 0.177. The fourth-order valence-corrected chi connectivity index (χ4v) is 2.04. The van der Waals surface area contributed by atoms with E-state index in [-0.39, 0.29) is 0 Å². The van der Waals surface area contributed by atoms with E-state index in [0.29, 0.717) is 6.04 Å². The number of hydrogen-bond acceptors (Lipinski definition) is 1. The van der Waals surface area contributed by atoms with Crippen molar-refractivity contribution in [2.45, 2.75) is 39.7 Å². The van der Waals surface area contributed by atoms with E-state index < -0.39 is 0 Å². The van der Waals surface area contributed by atoms with Crippen LogP contribution in [-0.2, 0) is 0 Å². The highest BCUT2D eigenvalue weighted by molar-refractivity contribution is 4.81. The quantitative estimate of drug-likeness (QED) is 0.548. The Morgan fingerprint density at radius 2 is 1.40 bits per heavy atom. The molecule has 0 radical (unpaired) electrons. The van der Waals surface area contributed by atoms with Crippen molar-refractivity contribution < 1.29 is 0 Å². The molecule has 1 fully saturated rings. The van der Waals surface area contributed by atoms with Crippen molar-refractivity contribution in [1.82, 2.24) is 0 Å². The van der Waals surface area contributed by atoms with Gasteiger partial charge in [-0.3, -0.25) is 0 Å². The van der Waals surface area contributed by atoms with Crippen LogP contribution in [0.1, 0.15) is 33.6 Å². The fraction of sp³-hybridized carbons (Fsp3) is 1.00. The topological polar surface area (TPSA) is 26.0 Å². The Morgan fingerprint density at radius 1 is 1.00 bits per heavy atom. The van der Waals surface area contributed by atoms with Crippen LogP contribution in [0.5, 0.6) is 0 Å². The Kier molecular flexibility index (Phi) is 2.35. The van der Waals surface area contributed by atoms with Gasteiger partial charge < -0.3 is 5.73 Å². The maximum absolute atomic E-state index is 5.88. The van der Waals surface area contributed by atoms with Gasteiger partial charge in [0.15, 0.2) is 0 Å². The normalized spacial score (nSPS) is 49.2. The minimum atomic E-state index is 0.473. The number of hydrogen-bond donors (Lipinski definition) is 1. The molecule has 2 atom stereocenters. The van der Waals surface area contributed by atoms with Crippen LogP contribution in [0.15, 0.2) is 0 Å². The van der Waals surface area contributed by atoms with Crippen LogP contribution in [0.2, 0.25) is 0 Å². The molecule has 60 valence electrons. The molecule has 0 amide bonds. The summed E-state index contributed by atoms with van der Waals surface area (Å²) in [5.41, 5.74) is 5.88. The largest absolute Gasteiger partial charge is 0.328 e. The third kappa shape index (κ3) is 1.51. The average Bonchev–Trinajstić information content (AvgIpc) is 1.82. The van der Waals surface area contributed by atoms with Crippen molar-refractivity contribution in [3.8, 4) is 0 Å². The van der Waals surface area contributed by atoms with E-state index in [9.17, 15) is 0 Å². The highest BCUT2D eigenvalue weighted by Gasteiger charge is 2.27. The molecule has 2 N–H and O–H groups in total. The van der Waals surface area contributed by atoms with Gasteiger partial charge in [0.25, 0.3) is 0 Å². The van der Waals surface area contributed by atoms with E-state index >= 15 is 0 Å². The molecule has 1 saturated carbocycles. The van der Waals surface area contributed by atoms with Gasteiger partial charge in [-0.05, 0) is 30.6 Å². The van der Waals surface area contributed by atoms with Crippen molar-refractivity contribution in [1.29, 1.82) is 0 Å². The van der Waals surface area contributed by atoms with Crippen LogP contribution in [0.25, 0.3) is 0 Å². The number of nitrogens with two attached hydrogens (primary N) is 1. The van der Waals surface area contributed by atoms with E-state index in [1.807, 2.05) is 0 Å². The molecule has 1 aliphatic carbocycles. The zero-order valence-electron chi connectivity index (χ0n) is 7.30. The summed E-state index contributed by atoms with van der Waals surface area (Å²) in [4.78, 5) is 0. The molecule has 0 heterocycles. The van der Waals surface area contributed by atoms with Gasteiger partial charge in [-0.1, -0.05) is 20.8 Å². The van der Waals surface area contributed by atoms with Gasteiger partial charge in [-0.25, -0.2) is 0 Å². The van der Waals surface area contributed by atoms with Crippen LogP contribution >= 0.6 is 0 Å². The van der Waals surface area contributed by atoms with E-state index in [4.69, 9.17) is 5.73 Å². The van der Waals surface area contributed by atoms with Crippen LogP contribution in [0.4, 0.5) is 0 Å². The first kappa shape index (κ1) is 8.06. The van der Waals surface area contributed by atoms with Gasteiger partial charge >= 0.3 is 0 Å². The summed E-state index contributed by atoms with van der Waals surface area (Å²) in [6.07, 6.45) is 2.46. The van der Waals surface area contributed by atoms with Crippen LogP contribution < -0.4 is 5.73 Å². The summed E-state index contributed by atoms with van der Waals surface area (Å²) in [7, 11) is 0. The van der Waals surface area contributed by atoms with Crippen LogP contribution in [0.3, 0.4) is 0 Å². The predicted molar refractivity (Wildman–Crippen MR) is 44.7 cm³/mol. The van der Waals surface area contributed by atoms with Gasteiger partial charge in [-0.15, -0.1) is 0 Å². The summed E-state index contributed by atoms with van der Waals surface area (Å²) < 4.78 is 0. The molecule has 0 bridgehead atoms. The van der Waals surface area contributed by atoms with Crippen LogP contribution in [0, 0.1) is 17.8 Å². The van der Waals surface area contributed by atoms with Gasteiger partial charge in [0.1, 0.15) is 0 Å². The molecule has 0 saturated heterocycles. The van der Waals surface area contributed by atoms with Crippen molar-refractivity contribution in [3.63, 3.8) is 0 Å². The summed E-state index contributed by atoms with van der Waals surface area (Å²) in [6, 6.07) is 0.473. The lowest BCUT2D eigenvalue weighted by Crippen LogP contribution is -2.35. The van der Waals surface area contributed by atoms with Gasteiger partial charge in [0.2, 0.25) is 0 Å². The molecule has 0 aliphatic heterocycles. The van der Waals surface area contributed by atoms with Crippen molar-refractivity contribution in [2.75, 3.05) is 0 Å². The highest BCUT2D eigenvalue weighted by atomic mass is 14.6.